The van der Waals surface area contributed by atoms with Crippen LogP contribution in [0.4, 0.5) is 0 Å². The first-order valence-corrected chi connectivity index (χ1v) is 6.84. The number of amides is 1. The quantitative estimate of drug-likeness (QED) is 0.669. The van der Waals surface area contributed by atoms with Crippen molar-refractivity contribution in [3.63, 3.8) is 0 Å². The monoisotopic (exact) mass is 318 g/mol. The molecule has 0 saturated heterocycles. The second-order valence-electron chi connectivity index (χ2n) is 4.67. The first-order valence-electron chi connectivity index (χ1n) is 6.08. The van der Waals surface area contributed by atoms with Gasteiger partial charge < -0.3 is 10.1 Å². The fourth-order valence-corrected chi connectivity index (χ4v) is 1.48. The van der Waals surface area contributed by atoms with Crippen LogP contribution in [0, 0.1) is 5.92 Å². The summed E-state index contributed by atoms with van der Waals surface area (Å²) >= 11 is 11.4. The van der Waals surface area contributed by atoms with E-state index in [2.05, 4.69) is 10.3 Å². The molecule has 0 unspecified atom stereocenters. The van der Waals surface area contributed by atoms with Gasteiger partial charge >= 0.3 is 5.97 Å². The molecular weight excluding hydrogens is 303 g/mol. The number of ether oxygens (including phenoxy) is 1. The molecule has 1 heterocycles. The summed E-state index contributed by atoms with van der Waals surface area (Å²) in [6, 6.07) is 1.35. The van der Waals surface area contributed by atoms with E-state index in [1.54, 1.807) is 0 Å². The van der Waals surface area contributed by atoms with Gasteiger partial charge in [-0.25, -0.2) is 9.78 Å². The Morgan fingerprint density at radius 3 is 2.55 bits per heavy atom. The molecule has 5 nitrogen and oxygen atoms in total. The van der Waals surface area contributed by atoms with Crippen LogP contribution in [0.3, 0.4) is 0 Å². The number of rotatable bonds is 5. The molecule has 1 aromatic heterocycles. The van der Waals surface area contributed by atoms with E-state index in [-0.39, 0.29) is 34.3 Å². The molecule has 20 heavy (non-hydrogen) atoms. The summed E-state index contributed by atoms with van der Waals surface area (Å²) in [5, 5.41) is 2.98. The Kier molecular flexibility index (Phi) is 6.23. The second kappa shape index (κ2) is 7.45. The largest absolute Gasteiger partial charge is 0.452 e. The van der Waals surface area contributed by atoms with Crippen molar-refractivity contribution in [1.82, 2.24) is 10.3 Å². The maximum atomic E-state index is 11.7. The molecule has 7 heteroatoms. The summed E-state index contributed by atoms with van der Waals surface area (Å²) in [6.45, 7) is 5.50. The highest BCUT2D eigenvalue weighted by atomic mass is 35.5. The molecule has 1 N–H and O–H groups in total. The smallest absolute Gasteiger partial charge is 0.340 e. The number of halogens is 2. The lowest BCUT2D eigenvalue weighted by Gasteiger charge is -2.17. The summed E-state index contributed by atoms with van der Waals surface area (Å²) in [5.74, 6) is -0.732. The third kappa shape index (κ3) is 4.98. The number of carbonyl (C=O) groups is 2. The molecule has 0 saturated carbocycles. The van der Waals surface area contributed by atoms with Gasteiger partial charge in [-0.15, -0.1) is 0 Å². The van der Waals surface area contributed by atoms with Crippen molar-refractivity contribution in [2.24, 2.45) is 5.92 Å². The highest BCUT2D eigenvalue weighted by molar-refractivity contribution is 6.41. The third-order valence-electron chi connectivity index (χ3n) is 2.75. The molecule has 1 atom stereocenters. The van der Waals surface area contributed by atoms with E-state index in [1.807, 2.05) is 20.8 Å². The van der Waals surface area contributed by atoms with Crippen molar-refractivity contribution in [3.05, 3.63) is 28.0 Å². The SMILES string of the molecule is CC(C)[C@@H](C)NC(=O)COC(=O)c1cnc(Cl)c(Cl)c1. The van der Waals surface area contributed by atoms with Gasteiger partial charge in [0.2, 0.25) is 0 Å². The molecule has 0 radical (unpaired) electrons. The van der Waals surface area contributed by atoms with Gasteiger partial charge in [-0.1, -0.05) is 37.0 Å². The van der Waals surface area contributed by atoms with Crippen molar-refractivity contribution in [2.45, 2.75) is 26.8 Å². The fraction of sp³-hybridized carbons (Fsp3) is 0.462. The molecule has 0 aliphatic heterocycles. The molecule has 0 fully saturated rings. The summed E-state index contributed by atoms with van der Waals surface area (Å²) < 4.78 is 4.87. The fourth-order valence-electron chi connectivity index (χ4n) is 1.21. The molecule has 1 aromatic rings. The van der Waals surface area contributed by atoms with Crippen LogP contribution < -0.4 is 5.32 Å². The molecular formula is C13H16Cl2N2O3. The minimum Gasteiger partial charge on any atom is -0.452 e. The lowest BCUT2D eigenvalue weighted by Crippen LogP contribution is -2.38. The number of esters is 1. The van der Waals surface area contributed by atoms with E-state index in [1.165, 1.54) is 12.3 Å². The predicted octanol–water partition coefficient (Wildman–Crippen LogP) is 2.71. The molecule has 0 aromatic carbocycles. The van der Waals surface area contributed by atoms with E-state index >= 15 is 0 Å². The van der Waals surface area contributed by atoms with Crippen molar-refractivity contribution in [2.75, 3.05) is 6.61 Å². The van der Waals surface area contributed by atoms with Gasteiger partial charge in [0.05, 0.1) is 10.6 Å². The highest BCUT2D eigenvalue weighted by Crippen LogP contribution is 2.19. The van der Waals surface area contributed by atoms with Crippen molar-refractivity contribution in [1.29, 1.82) is 0 Å². The number of carbonyl (C=O) groups excluding carboxylic acids is 2. The topological polar surface area (TPSA) is 68.3 Å². The third-order valence-corrected chi connectivity index (χ3v) is 3.44. The van der Waals surface area contributed by atoms with Crippen molar-refractivity contribution >= 4 is 35.1 Å². The molecule has 0 spiro atoms. The molecule has 0 aliphatic carbocycles. The Hall–Kier alpha value is -1.33. The number of nitrogens with one attached hydrogen (secondary N) is 1. The van der Waals surface area contributed by atoms with Crippen molar-refractivity contribution < 1.29 is 14.3 Å². The number of aromatic nitrogens is 1. The lowest BCUT2D eigenvalue weighted by molar-refractivity contribution is -0.125. The van der Waals surface area contributed by atoms with Gasteiger partial charge in [0, 0.05) is 12.2 Å². The van der Waals surface area contributed by atoms with Crippen LogP contribution in [0.2, 0.25) is 10.2 Å². The van der Waals surface area contributed by atoms with Gasteiger partial charge in [0.15, 0.2) is 6.61 Å². The van der Waals surface area contributed by atoms with Crippen LogP contribution in [0.25, 0.3) is 0 Å². The van der Waals surface area contributed by atoms with E-state index in [9.17, 15) is 9.59 Å². The van der Waals surface area contributed by atoms with Gasteiger partial charge in [0.25, 0.3) is 5.91 Å². The van der Waals surface area contributed by atoms with Crippen LogP contribution in [0.15, 0.2) is 12.3 Å². The van der Waals surface area contributed by atoms with E-state index in [0.717, 1.165) is 0 Å². The molecule has 1 amide bonds. The van der Waals surface area contributed by atoms with E-state index < -0.39 is 5.97 Å². The molecule has 1 rings (SSSR count). The van der Waals surface area contributed by atoms with Crippen LogP contribution in [0.1, 0.15) is 31.1 Å². The minimum absolute atomic E-state index is 0.00726. The maximum absolute atomic E-state index is 11.7. The summed E-state index contributed by atoms with van der Waals surface area (Å²) in [5.41, 5.74) is 0.143. The van der Waals surface area contributed by atoms with Gasteiger partial charge in [-0.05, 0) is 18.9 Å². The molecule has 0 bridgehead atoms. The van der Waals surface area contributed by atoms with Gasteiger partial charge in [-0.3, -0.25) is 4.79 Å². The number of nitrogens with zero attached hydrogens (tertiary/aromatic N) is 1. The Balaban J connectivity index is 2.51. The van der Waals surface area contributed by atoms with Crippen LogP contribution in [-0.2, 0) is 9.53 Å². The van der Waals surface area contributed by atoms with Gasteiger partial charge in [0.1, 0.15) is 5.15 Å². The Morgan fingerprint density at radius 2 is 2.00 bits per heavy atom. The summed E-state index contributed by atoms with van der Waals surface area (Å²) in [7, 11) is 0. The Bertz CT molecular complexity index is 506. The number of hydrogen-bond donors (Lipinski definition) is 1. The zero-order valence-corrected chi connectivity index (χ0v) is 13.0. The predicted molar refractivity (Wildman–Crippen MR) is 77.0 cm³/mol. The van der Waals surface area contributed by atoms with Crippen molar-refractivity contribution in [3.8, 4) is 0 Å². The lowest BCUT2D eigenvalue weighted by atomic mass is 10.1. The second-order valence-corrected chi connectivity index (χ2v) is 5.44. The first-order chi connectivity index (χ1) is 9.31. The zero-order valence-electron chi connectivity index (χ0n) is 11.4. The van der Waals surface area contributed by atoms with Crippen LogP contribution in [-0.4, -0.2) is 29.5 Å². The average Bonchev–Trinajstić information content (AvgIpc) is 2.39. The maximum Gasteiger partial charge on any atom is 0.340 e. The average molecular weight is 319 g/mol. The summed E-state index contributed by atoms with van der Waals surface area (Å²) in [4.78, 5) is 27.0. The minimum atomic E-state index is -0.677. The highest BCUT2D eigenvalue weighted by Gasteiger charge is 2.15. The Morgan fingerprint density at radius 1 is 1.35 bits per heavy atom. The van der Waals surface area contributed by atoms with Gasteiger partial charge in [-0.2, -0.15) is 0 Å². The summed E-state index contributed by atoms with van der Waals surface area (Å²) in [6.07, 6.45) is 1.24. The van der Waals surface area contributed by atoms with Crippen LogP contribution in [0.5, 0.6) is 0 Å². The van der Waals surface area contributed by atoms with E-state index in [4.69, 9.17) is 27.9 Å². The standard InChI is InChI=1S/C13H16Cl2N2O3/c1-7(2)8(3)17-11(18)6-20-13(19)9-4-10(14)12(15)16-5-9/h4-5,7-8H,6H2,1-3H3,(H,17,18)/t8-/m1/s1. The zero-order chi connectivity index (χ0) is 15.3. The van der Waals surface area contributed by atoms with E-state index in [0.29, 0.717) is 5.92 Å². The number of hydrogen-bond acceptors (Lipinski definition) is 4. The first kappa shape index (κ1) is 16.7. The number of pyridine rings is 1. The normalized spacial score (nSPS) is 12.1. The molecule has 110 valence electrons. The Labute approximate surface area is 127 Å². The van der Waals surface area contributed by atoms with Crippen LogP contribution >= 0.6 is 23.2 Å². The molecule has 0 aliphatic rings.